The number of benzene rings is 2. The highest BCUT2D eigenvalue weighted by Gasteiger charge is 2.32. The Kier molecular flexibility index (Phi) is 8.18. The molecule has 0 spiro atoms. The van der Waals surface area contributed by atoms with Gasteiger partial charge in [0.1, 0.15) is 5.82 Å². The molecule has 186 valence electrons. The number of unbranched alkanes of at least 4 members (excludes halogenated alkanes) is 2. The van der Waals surface area contributed by atoms with Crippen LogP contribution in [0.15, 0.2) is 48.5 Å². The van der Waals surface area contributed by atoms with Crippen LogP contribution in [-0.4, -0.2) is 60.4 Å². The lowest BCUT2D eigenvalue weighted by atomic mass is 10.1. The molecule has 1 heterocycles. The van der Waals surface area contributed by atoms with Crippen molar-refractivity contribution < 1.29 is 9.59 Å². The number of aromatic amines is 1. The predicted molar refractivity (Wildman–Crippen MR) is 141 cm³/mol. The maximum atomic E-state index is 13.1. The van der Waals surface area contributed by atoms with E-state index in [2.05, 4.69) is 34.3 Å². The van der Waals surface area contributed by atoms with Gasteiger partial charge in [0.15, 0.2) is 0 Å². The van der Waals surface area contributed by atoms with Crippen molar-refractivity contribution in [2.45, 2.75) is 51.0 Å². The van der Waals surface area contributed by atoms with Gasteiger partial charge in [0.25, 0.3) is 0 Å². The zero-order valence-corrected chi connectivity index (χ0v) is 21.1. The van der Waals surface area contributed by atoms with E-state index in [1.807, 2.05) is 55.6 Å². The van der Waals surface area contributed by atoms with Crippen LogP contribution >= 0.6 is 0 Å². The second-order valence-electron chi connectivity index (χ2n) is 9.94. The summed E-state index contributed by atoms with van der Waals surface area (Å²) in [6.45, 7) is 1.06. The third-order valence-corrected chi connectivity index (χ3v) is 6.90. The average molecular weight is 476 g/mol. The maximum Gasteiger partial charge on any atom is 0.229 e. The number of hydrogen-bond donors (Lipinski definition) is 2. The molecule has 7 heteroatoms. The van der Waals surface area contributed by atoms with Crippen molar-refractivity contribution in [3.63, 3.8) is 0 Å². The average Bonchev–Trinajstić information content (AvgIpc) is 3.50. The molecule has 2 N–H and O–H groups in total. The second-order valence-corrected chi connectivity index (χ2v) is 9.94. The number of aromatic nitrogens is 2. The van der Waals surface area contributed by atoms with E-state index in [0.29, 0.717) is 12.8 Å². The minimum atomic E-state index is -0.0551. The normalized spacial score (nSPS) is 17.7. The molecule has 1 fully saturated rings. The fourth-order valence-corrected chi connectivity index (χ4v) is 4.86. The number of nitrogens with one attached hydrogen (secondary N) is 2. The first kappa shape index (κ1) is 24.9. The van der Waals surface area contributed by atoms with Gasteiger partial charge in [-0.05, 0) is 89.1 Å². The minimum Gasteiger partial charge on any atom is -0.353 e. The van der Waals surface area contributed by atoms with Crippen molar-refractivity contribution in [1.82, 2.24) is 20.2 Å². The number of rotatable bonds is 10. The zero-order valence-electron chi connectivity index (χ0n) is 21.1. The van der Waals surface area contributed by atoms with Crippen LogP contribution in [0, 0.1) is 5.92 Å². The Morgan fingerprint density at radius 3 is 2.51 bits per heavy atom. The Morgan fingerprint density at radius 2 is 1.77 bits per heavy atom. The van der Waals surface area contributed by atoms with Crippen LogP contribution in [0.2, 0.25) is 0 Å². The molecule has 1 aliphatic carbocycles. The number of para-hydroxylation sites is 2. The van der Waals surface area contributed by atoms with Crippen LogP contribution in [0.1, 0.15) is 44.9 Å². The molecule has 2 amide bonds. The number of hydrogen-bond acceptors (Lipinski definition) is 4. The summed E-state index contributed by atoms with van der Waals surface area (Å²) in [5.41, 5.74) is 3.79. The molecule has 0 bridgehead atoms. The molecule has 0 unspecified atom stereocenters. The van der Waals surface area contributed by atoms with E-state index in [9.17, 15) is 9.59 Å². The molecule has 1 aromatic heterocycles. The summed E-state index contributed by atoms with van der Waals surface area (Å²) in [5, 5.41) is 3.15. The smallest absolute Gasteiger partial charge is 0.229 e. The molecule has 2 atom stereocenters. The molecule has 7 nitrogen and oxygen atoms in total. The third-order valence-electron chi connectivity index (χ3n) is 6.90. The highest BCUT2D eigenvalue weighted by molar-refractivity contribution is 5.95. The van der Waals surface area contributed by atoms with Crippen LogP contribution in [0.4, 0.5) is 5.69 Å². The van der Waals surface area contributed by atoms with E-state index in [1.165, 1.54) is 0 Å². The van der Waals surface area contributed by atoms with Crippen LogP contribution in [0.25, 0.3) is 22.4 Å². The summed E-state index contributed by atoms with van der Waals surface area (Å²) in [5.74, 6) is 0.989. The monoisotopic (exact) mass is 475 g/mol. The summed E-state index contributed by atoms with van der Waals surface area (Å²) in [6.07, 6.45) is 6.06. The Balaban J connectivity index is 1.26. The number of imidazole rings is 1. The molecule has 0 aliphatic heterocycles. The lowest BCUT2D eigenvalue weighted by Gasteiger charge is -2.21. The first-order chi connectivity index (χ1) is 16.9. The molecule has 35 heavy (non-hydrogen) atoms. The topological polar surface area (TPSA) is 81.3 Å². The first-order valence-corrected chi connectivity index (χ1v) is 12.7. The molecule has 1 aliphatic rings. The number of carbonyl (C=O) groups excluding carboxylic acids is 2. The predicted octanol–water partition coefficient (Wildman–Crippen LogP) is 4.60. The van der Waals surface area contributed by atoms with E-state index < -0.39 is 0 Å². The fraction of sp³-hybridized carbons (Fsp3) is 0.464. The molecule has 1 saturated carbocycles. The molecule has 4 rings (SSSR count). The van der Waals surface area contributed by atoms with Gasteiger partial charge >= 0.3 is 0 Å². The summed E-state index contributed by atoms with van der Waals surface area (Å²) in [7, 11) is 5.97. The highest BCUT2D eigenvalue weighted by atomic mass is 16.2. The van der Waals surface area contributed by atoms with Crippen LogP contribution in [-0.2, 0) is 9.59 Å². The van der Waals surface area contributed by atoms with Crippen molar-refractivity contribution in [3.8, 4) is 11.4 Å². The number of nitrogens with zero attached hydrogens (tertiary/aromatic N) is 3. The first-order valence-electron chi connectivity index (χ1n) is 12.7. The standard InChI is InChI=1S/C28H37N5O2/c1-32(2)18-8-4-5-11-26(34)29-22-15-12-21(19-22)28(35)33(3)23-16-13-20(14-17-23)27-30-24-9-6-7-10-25(24)31-27/h6-7,9-10,13-14,16-17,21-22H,4-5,8,11-12,15,18-19H2,1-3H3,(H,29,34)(H,30,31)/t21-,22+/m1/s1. The third kappa shape index (κ3) is 6.48. The highest BCUT2D eigenvalue weighted by Crippen LogP contribution is 2.30. The second kappa shape index (κ2) is 11.5. The number of amides is 2. The van der Waals surface area contributed by atoms with Gasteiger partial charge in [0, 0.05) is 36.7 Å². The van der Waals surface area contributed by atoms with Crippen molar-refractivity contribution in [2.75, 3.05) is 32.6 Å². The van der Waals surface area contributed by atoms with Crippen LogP contribution < -0.4 is 10.2 Å². The minimum absolute atomic E-state index is 0.0551. The van der Waals surface area contributed by atoms with Gasteiger partial charge in [0.2, 0.25) is 11.8 Å². The summed E-state index contributed by atoms with van der Waals surface area (Å²) in [6, 6.07) is 16.0. The van der Waals surface area contributed by atoms with Crippen molar-refractivity contribution in [3.05, 3.63) is 48.5 Å². The zero-order chi connectivity index (χ0) is 24.8. The van der Waals surface area contributed by atoms with E-state index in [-0.39, 0.29) is 23.8 Å². The van der Waals surface area contributed by atoms with Crippen molar-refractivity contribution >= 4 is 28.5 Å². The summed E-state index contributed by atoms with van der Waals surface area (Å²) < 4.78 is 0. The van der Waals surface area contributed by atoms with Gasteiger partial charge in [-0.15, -0.1) is 0 Å². The van der Waals surface area contributed by atoms with Crippen molar-refractivity contribution in [2.24, 2.45) is 5.92 Å². The van der Waals surface area contributed by atoms with Crippen LogP contribution in [0.5, 0.6) is 0 Å². The SMILES string of the molecule is CN(C)CCCCCC(=O)N[C@H]1CC[C@@H](C(=O)N(C)c2ccc(-c3nc4ccccc4[nH]3)cc2)C1. The quantitative estimate of drug-likeness (QED) is 0.420. The van der Waals surface area contributed by atoms with E-state index in [0.717, 1.165) is 66.8 Å². The number of fused-ring (bicyclic) bond motifs is 1. The summed E-state index contributed by atoms with van der Waals surface area (Å²) >= 11 is 0. The molecular formula is C28H37N5O2. The number of H-pyrrole nitrogens is 1. The van der Waals surface area contributed by atoms with E-state index in [1.54, 1.807) is 4.90 Å². The molecule has 3 aromatic rings. The Labute approximate surface area is 207 Å². The summed E-state index contributed by atoms with van der Waals surface area (Å²) in [4.78, 5) is 37.3. The Morgan fingerprint density at radius 1 is 1.00 bits per heavy atom. The van der Waals surface area contributed by atoms with Gasteiger partial charge in [-0.1, -0.05) is 18.6 Å². The fourth-order valence-electron chi connectivity index (χ4n) is 4.86. The Hall–Kier alpha value is -3.19. The van der Waals surface area contributed by atoms with E-state index >= 15 is 0 Å². The number of anilines is 1. The lowest BCUT2D eigenvalue weighted by molar-refractivity contribution is -0.123. The maximum absolute atomic E-state index is 13.1. The lowest BCUT2D eigenvalue weighted by Crippen LogP contribution is -2.35. The van der Waals surface area contributed by atoms with Gasteiger partial charge in [0.05, 0.1) is 11.0 Å². The molecular weight excluding hydrogens is 438 g/mol. The largest absolute Gasteiger partial charge is 0.353 e. The Bertz CT molecular complexity index is 1100. The number of carbonyl (C=O) groups is 2. The molecule has 0 saturated heterocycles. The van der Waals surface area contributed by atoms with Gasteiger partial charge < -0.3 is 20.1 Å². The van der Waals surface area contributed by atoms with Gasteiger partial charge in [-0.2, -0.15) is 0 Å². The van der Waals surface area contributed by atoms with E-state index in [4.69, 9.17) is 0 Å². The molecule has 2 aromatic carbocycles. The van der Waals surface area contributed by atoms with Crippen molar-refractivity contribution in [1.29, 1.82) is 0 Å². The van der Waals surface area contributed by atoms with Crippen LogP contribution in [0.3, 0.4) is 0 Å². The van der Waals surface area contributed by atoms with Gasteiger partial charge in [-0.25, -0.2) is 4.98 Å². The molecule has 0 radical (unpaired) electrons. The van der Waals surface area contributed by atoms with Gasteiger partial charge in [-0.3, -0.25) is 9.59 Å².